The molecule has 0 saturated carbocycles. The second-order valence-electron chi connectivity index (χ2n) is 6.63. The highest BCUT2D eigenvalue weighted by molar-refractivity contribution is 8.14. The maximum atomic E-state index is 12.2. The zero-order valence-electron chi connectivity index (χ0n) is 16.4. The predicted octanol–water partition coefficient (Wildman–Crippen LogP) is 2.10. The third-order valence-electron chi connectivity index (χ3n) is 4.71. The van der Waals surface area contributed by atoms with Crippen LogP contribution in [0.15, 0.2) is 29.4 Å². The Morgan fingerprint density at radius 1 is 1.30 bits per heavy atom. The number of nitrogens with zero attached hydrogens (tertiary/aromatic N) is 4. The van der Waals surface area contributed by atoms with Crippen LogP contribution in [-0.2, 0) is 9.59 Å². The van der Waals surface area contributed by atoms with Gasteiger partial charge >= 0.3 is 0 Å². The molecule has 0 spiro atoms. The van der Waals surface area contributed by atoms with Gasteiger partial charge in [0, 0.05) is 24.5 Å². The van der Waals surface area contributed by atoms with Crippen molar-refractivity contribution in [3.05, 3.63) is 29.8 Å². The largest absolute Gasteiger partial charge is 0.497 e. The van der Waals surface area contributed by atoms with Crippen molar-refractivity contribution in [2.75, 3.05) is 31.7 Å². The number of nitrogens with one attached hydrogen (secondary N) is 1. The van der Waals surface area contributed by atoms with Gasteiger partial charge in [0.2, 0.25) is 11.8 Å². The van der Waals surface area contributed by atoms with Crippen molar-refractivity contribution in [3.63, 3.8) is 0 Å². The van der Waals surface area contributed by atoms with Crippen molar-refractivity contribution in [1.82, 2.24) is 24.8 Å². The molecule has 0 unspecified atom stereocenters. The van der Waals surface area contributed by atoms with Crippen molar-refractivity contribution in [2.45, 2.75) is 12.1 Å². The zero-order chi connectivity index (χ0) is 21.3. The molecule has 4 rings (SSSR count). The molecule has 0 atom stereocenters. The molecule has 2 aromatic heterocycles. The Morgan fingerprint density at radius 2 is 2.13 bits per heavy atom. The average Bonchev–Trinajstić information content (AvgIpc) is 3.29. The number of carbonyl (C=O) groups excluding carboxylic acids is 3. The van der Waals surface area contributed by atoms with Crippen molar-refractivity contribution < 1.29 is 19.1 Å². The van der Waals surface area contributed by atoms with E-state index in [0.717, 1.165) is 38.9 Å². The maximum Gasteiger partial charge on any atom is 0.288 e. The summed E-state index contributed by atoms with van der Waals surface area (Å²) in [5.41, 5.74) is 2.67. The number of rotatable bonds is 7. The van der Waals surface area contributed by atoms with E-state index in [1.54, 1.807) is 7.11 Å². The fraction of sp³-hybridized carbons (Fsp3) is 0.316. The van der Waals surface area contributed by atoms with E-state index in [0.29, 0.717) is 10.8 Å². The first-order chi connectivity index (χ1) is 14.5. The van der Waals surface area contributed by atoms with Gasteiger partial charge in [-0.3, -0.25) is 23.7 Å². The first-order valence-electron chi connectivity index (χ1n) is 9.17. The van der Waals surface area contributed by atoms with E-state index in [1.807, 2.05) is 35.6 Å². The number of imide groups is 1. The summed E-state index contributed by atoms with van der Waals surface area (Å²) >= 11 is 2.25. The molecular formula is C19H19N5O4S2. The molecule has 11 heteroatoms. The maximum absolute atomic E-state index is 12.2. The van der Waals surface area contributed by atoms with Crippen LogP contribution in [0.5, 0.6) is 5.75 Å². The molecule has 9 nitrogen and oxygen atoms in total. The SMILES string of the molecule is COc1ccc2c(C)cc3nnc(SCC(=O)NCCN4C(=O)CSC4=O)n3c2c1. The molecule has 0 aliphatic carbocycles. The molecule has 1 aliphatic rings. The topological polar surface area (TPSA) is 106 Å². The van der Waals surface area contributed by atoms with E-state index in [1.165, 1.54) is 11.8 Å². The minimum Gasteiger partial charge on any atom is -0.497 e. The highest BCUT2D eigenvalue weighted by Crippen LogP contribution is 2.28. The van der Waals surface area contributed by atoms with Crippen LogP contribution in [0, 0.1) is 6.92 Å². The number of aryl methyl sites for hydroxylation is 1. The number of benzene rings is 1. The van der Waals surface area contributed by atoms with Gasteiger partial charge in [-0.2, -0.15) is 0 Å². The van der Waals surface area contributed by atoms with Crippen LogP contribution < -0.4 is 10.1 Å². The minimum atomic E-state index is -0.267. The molecule has 1 N–H and O–H groups in total. The third-order valence-corrected chi connectivity index (χ3v) is 6.49. The normalized spacial score (nSPS) is 14.1. The second-order valence-corrected chi connectivity index (χ2v) is 8.49. The number of methoxy groups -OCH3 is 1. The van der Waals surface area contributed by atoms with Gasteiger partial charge in [0.25, 0.3) is 5.24 Å². The summed E-state index contributed by atoms with van der Waals surface area (Å²) in [6.45, 7) is 2.41. The van der Waals surface area contributed by atoms with Gasteiger partial charge < -0.3 is 10.1 Å². The first-order valence-corrected chi connectivity index (χ1v) is 11.1. The lowest BCUT2D eigenvalue weighted by molar-refractivity contribution is -0.125. The average molecular weight is 446 g/mol. The van der Waals surface area contributed by atoms with Crippen molar-refractivity contribution in [1.29, 1.82) is 0 Å². The van der Waals surface area contributed by atoms with Gasteiger partial charge in [0.15, 0.2) is 10.8 Å². The summed E-state index contributed by atoms with van der Waals surface area (Å²) in [5, 5.41) is 12.6. The predicted molar refractivity (Wildman–Crippen MR) is 115 cm³/mol. The highest BCUT2D eigenvalue weighted by Gasteiger charge is 2.29. The van der Waals surface area contributed by atoms with Crippen LogP contribution in [0.25, 0.3) is 16.6 Å². The number of hydrogen-bond donors (Lipinski definition) is 1. The van der Waals surface area contributed by atoms with Gasteiger partial charge in [0.05, 0.1) is 24.1 Å². The van der Waals surface area contributed by atoms with Gasteiger partial charge in [-0.05, 0) is 30.7 Å². The van der Waals surface area contributed by atoms with Crippen LogP contribution >= 0.6 is 23.5 Å². The lowest BCUT2D eigenvalue weighted by Crippen LogP contribution is -2.38. The van der Waals surface area contributed by atoms with Gasteiger partial charge in [-0.25, -0.2) is 0 Å². The lowest BCUT2D eigenvalue weighted by atomic mass is 10.1. The highest BCUT2D eigenvalue weighted by atomic mass is 32.2. The Morgan fingerprint density at radius 3 is 2.87 bits per heavy atom. The van der Waals surface area contributed by atoms with E-state index < -0.39 is 0 Å². The molecule has 0 radical (unpaired) electrons. The Labute approximate surface area is 180 Å². The number of amides is 3. The lowest BCUT2D eigenvalue weighted by Gasteiger charge is -2.13. The number of hydrogen-bond acceptors (Lipinski definition) is 8. The molecule has 0 bridgehead atoms. The van der Waals surface area contributed by atoms with Gasteiger partial charge in [0.1, 0.15) is 5.75 Å². The van der Waals surface area contributed by atoms with Crippen LogP contribution in [-0.4, -0.2) is 68.3 Å². The summed E-state index contributed by atoms with van der Waals surface area (Å²) in [4.78, 5) is 36.5. The molecule has 1 fully saturated rings. The first kappa shape index (κ1) is 20.5. The number of ether oxygens (including phenoxy) is 1. The quantitative estimate of drug-likeness (QED) is 0.551. The van der Waals surface area contributed by atoms with E-state index in [9.17, 15) is 14.4 Å². The number of aromatic nitrogens is 3. The molecule has 1 aromatic carbocycles. The smallest absolute Gasteiger partial charge is 0.288 e. The Kier molecular flexibility index (Phi) is 5.82. The van der Waals surface area contributed by atoms with Gasteiger partial charge in [-0.15, -0.1) is 10.2 Å². The van der Waals surface area contributed by atoms with E-state index in [4.69, 9.17) is 4.74 Å². The van der Waals surface area contributed by atoms with Crippen molar-refractivity contribution in [3.8, 4) is 5.75 Å². The number of pyridine rings is 1. The molecule has 30 heavy (non-hydrogen) atoms. The molecule has 3 aromatic rings. The van der Waals surface area contributed by atoms with Crippen molar-refractivity contribution >= 4 is 57.1 Å². The fourth-order valence-electron chi connectivity index (χ4n) is 3.21. The molecule has 156 valence electrons. The second kappa shape index (κ2) is 8.52. The van der Waals surface area contributed by atoms with Crippen molar-refractivity contribution in [2.24, 2.45) is 0 Å². The van der Waals surface area contributed by atoms with Crippen LogP contribution in [0.2, 0.25) is 0 Å². The molecular weight excluding hydrogens is 426 g/mol. The third kappa shape index (κ3) is 3.94. The van der Waals surface area contributed by atoms with Crippen LogP contribution in [0.3, 0.4) is 0 Å². The standard InChI is InChI=1S/C19H19N5O4S2/c1-11-7-15-21-22-18(24(15)14-8-12(28-2)3-4-13(11)14)29-9-16(25)20-5-6-23-17(26)10-30-19(23)27/h3-4,7-8H,5-6,9-10H2,1-2H3,(H,20,25). The van der Waals surface area contributed by atoms with E-state index >= 15 is 0 Å². The number of fused-ring (bicyclic) bond motifs is 3. The molecule has 3 amide bonds. The summed E-state index contributed by atoms with van der Waals surface area (Å²) < 4.78 is 7.25. The van der Waals surface area contributed by atoms with Crippen LogP contribution in [0.4, 0.5) is 4.79 Å². The molecule has 1 saturated heterocycles. The fourth-order valence-corrected chi connectivity index (χ4v) is 4.74. The minimum absolute atomic E-state index is 0.136. The Hall–Kier alpha value is -2.79. The zero-order valence-corrected chi connectivity index (χ0v) is 18.0. The molecule has 3 heterocycles. The Balaban J connectivity index is 1.45. The monoisotopic (exact) mass is 445 g/mol. The molecule has 1 aliphatic heterocycles. The summed E-state index contributed by atoms with van der Waals surface area (Å²) in [6.07, 6.45) is 0. The van der Waals surface area contributed by atoms with Crippen LogP contribution in [0.1, 0.15) is 5.56 Å². The van der Waals surface area contributed by atoms with E-state index in [-0.39, 0.29) is 41.6 Å². The summed E-state index contributed by atoms with van der Waals surface area (Å²) in [7, 11) is 1.61. The summed E-state index contributed by atoms with van der Waals surface area (Å²) in [5.74, 6) is 0.594. The van der Waals surface area contributed by atoms with E-state index in [2.05, 4.69) is 15.5 Å². The van der Waals surface area contributed by atoms with Gasteiger partial charge in [-0.1, -0.05) is 23.5 Å². The number of carbonyl (C=O) groups is 3. The number of thioether (sulfide) groups is 2. The Bertz CT molecular complexity index is 1150. The summed E-state index contributed by atoms with van der Waals surface area (Å²) in [6, 6.07) is 7.77.